The van der Waals surface area contributed by atoms with Crippen LogP contribution in [0.1, 0.15) is 32.0 Å². The average molecular weight is 208 g/mol. The van der Waals surface area contributed by atoms with Crippen LogP contribution in [0.25, 0.3) is 0 Å². The van der Waals surface area contributed by atoms with E-state index in [4.69, 9.17) is 5.73 Å². The van der Waals surface area contributed by atoms with Gasteiger partial charge in [0.1, 0.15) is 5.82 Å². The van der Waals surface area contributed by atoms with E-state index in [2.05, 4.69) is 42.5 Å². The molecule has 0 fully saturated rings. The topological polar surface area (TPSA) is 47.1 Å². The molecule has 1 aromatic rings. The SMILES string of the molecule is CN1CCc2c(c(N)nn2C(C)(C)C)C1. The molecule has 4 nitrogen and oxygen atoms in total. The summed E-state index contributed by atoms with van der Waals surface area (Å²) >= 11 is 0. The molecule has 0 spiro atoms. The fraction of sp³-hybridized carbons (Fsp3) is 0.727. The number of anilines is 1. The molecule has 0 unspecified atom stereocenters. The van der Waals surface area contributed by atoms with Crippen LogP contribution in [0.2, 0.25) is 0 Å². The maximum Gasteiger partial charge on any atom is 0.150 e. The minimum absolute atomic E-state index is 0.0254. The molecule has 1 aromatic heterocycles. The molecule has 0 aromatic carbocycles. The quantitative estimate of drug-likeness (QED) is 0.697. The Kier molecular flexibility index (Phi) is 2.26. The number of rotatable bonds is 0. The summed E-state index contributed by atoms with van der Waals surface area (Å²) in [4.78, 5) is 2.29. The Bertz CT molecular complexity index is 373. The maximum atomic E-state index is 5.96. The number of hydrogen-bond acceptors (Lipinski definition) is 3. The van der Waals surface area contributed by atoms with Gasteiger partial charge in [0.2, 0.25) is 0 Å². The second kappa shape index (κ2) is 3.23. The molecule has 1 aliphatic rings. The normalized spacial score (nSPS) is 17.9. The fourth-order valence-corrected chi connectivity index (χ4v) is 2.13. The van der Waals surface area contributed by atoms with Gasteiger partial charge in [0.15, 0.2) is 0 Å². The average Bonchev–Trinajstić information content (AvgIpc) is 2.43. The number of fused-ring (bicyclic) bond motifs is 1. The first kappa shape index (κ1) is 10.5. The van der Waals surface area contributed by atoms with Crippen molar-refractivity contribution in [1.29, 1.82) is 0 Å². The summed E-state index contributed by atoms with van der Waals surface area (Å²) in [7, 11) is 2.12. The molecule has 4 heteroatoms. The Labute approximate surface area is 91.1 Å². The van der Waals surface area contributed by atoms with Gasteiger partial charge >= 0.3 is 0 Å². The highest BCUT2D eigenvalue weighted by atomic mass is 15.4. The smallest absolute Gasteiger partial charge is 0.150 e. The van der Waals surface area contributed by atoms with Crippen molar-refractivity contribution in [2.45, 2.75) is 39.3 Å². The van der Waals surface area contributed by atoms with Crippen molar-refractivity contribution >= 4 is 5.82 Å². The Morgan fingerprint density at radius 3 is 2.60 bits per heavy atom. The Hall–Kier alpha value is -1.03. The van der Waals surface area contributed by atoms with Gasteiger partial charge in [-0.1, -0.05) is 0 Å². The van der Waals surface area contributed by atoms with Crippen molar-refractivity contribution in [2.24, 2.45) is 0 Å². The van der Waals surface area contributed by atoms with Crippen LogP contribution in [-0.2, 0) is 18.5 Å². The van der Waals surface area contributed by atoms with Gasteiger partial charge in [-0.3, -0.25) is 4.68 Å². The fourth-order valence-electron chi connectivity index (χ4n) is 2.13. The summed E-state index contributed by atoms with van der Waals surface area (Å²) < 4.78 is 2.09. The van der Waals surface area contributed by atoms with E-state index in [1.807, 2.05) is 0 Å². The zero-order valence-corrected chi connectivity index (χ0v) is 10.0. The lowest BCUT2D eigenvalue weighted by Gasteiger charge is -2.27. The molecule has 15 heavy (non-hydrogen) atoms. The number of hydrogen-bond donors (Lipinski definition) is 1. The van der Waals surface area contributed by atoms with Gasteiger partial charge in [0, 0.05) is 30.8 Å². The van der Waals surface area contributed by atoms with E-state index < -0.39 is 0 Å². The first-order chi connectivity index (χ1) is 6.89. The number of likely N-dealkylation sites (N-methyl/N-ethyl adjacent to an activating group) is 1. The van der Waals surface area contributed by atoms with E-state index in [1.165, 1.54) is 11.3 Å². The Morgan fingerprint density at radius 2 is 2.00 bits per heavy atom. The van der Waals surface area contributed by atoms with E-state index in [9.17, 15) is 0 Å². The highest BCUT2D eigenvalue weighted by molar-refractivity contribution is 5.44. The molecule has 0 saturated heterocycles. The van der Waals surface area contributed by atoms with Gasteiger partial charge in [-0.25, -0.2) is 0 Å². The molecule has 0 bridgehead atoms. The van der Waals surface area contributed by atoms with E-state index in [1.54, 1.807) is 0 Å². The summed E-state index contributed by atoms with van der Waals surface area (Å²) in [6.45, 7) is 8.51. The molecule has 2 heterocycles. The molecule has 0 atom stereocenters. The summed E-state index contributed by atoms with van der Waals surface area (Å²) in [6.07, 6.45) is 1.05. The van der Waals surface area contributed by atoms with E-state index >= 15 is 0 Å². The standard InChI is InChI=1S/C11H20N4/c1-11(2,3)15-9-5-6-14(4)7-8(9)10(12)13-15/h5-7H2,1-4H3,(H2,12,13). The van der Waals surface area contributed by atoms with Crippen molar-refractivity contribution in [3.05, 3.63) is 11.3 Å². The number of nitrogens with two attached hydrogens (primary N) is 1. The van der Waals surface area contributed by atoms with Crippen LogP contribution < -0.4 is 5.73 Å². The molecule has 0 amide bonds. The Balaban J connectivity index is 2.48. The highest BCUT2D eigenvalue weighted by Gasteiger charge is 2.26. The lowest BCUT2D eigenvalue weighted by Crippen LogP contribution is -2.31. The first-order valence-electron chi connectivity index (χ1n) is 5.45. The maximum absolute atomic E-state index is 5.96. The summed E-state index contributed by atoms with van der Waals surface area (Å²) in [5.74, 6) is 0.700. The van der Waals surface area contributed by atoms with Crippen LogP contribution in [-0.4, -0.2) is 28.3 Å². The highest BCUT2D eigenvalue weighted by Crippen LogP contribution is 2.27. The zero-order valence-electron chi connectivity index (χ0n) is 10.0. The molecule has 2 N–H and O–H groups in total. The van der Waals surface area contributed by atoms with Crippen LogP contribution >= 0.6 is 0 Å². The molecule has 2 rings (SSSR count). The third-order valence-corrected chi connectivity index (χ3v) is 2.91. The van der Waals surface area contributed by atoms with Crippen LogP contribution in [0.15, 0.2) is 0 Å². The molecule has 84 valence electrons. The Morgan fingerprint density at radius 1 is 1.33 bits per heavy atom. The van der Waals surface area contributed by atoms with E-state index in [0.717, 1.165) is 19.5 Å². The molecule has 0 radical (unpaired) electrons. The monoisotopic (exact) mass is 208 g/mol. The van der Waals surface area contributed by atoms with Gasteiger partial charge < -0.3 is 10.6 Å². The van der Waals surface area contributed by atoms with Crippen molar-refractivity contribution < 1.29 is 0 Å². The van der Waals surface area contributed by atoms with Crippen LogP contribution in [0.4, 0.5) is 5.82 Å². The number of nitrogen functional groups attached to an aromatic ring is 1. The van der Waals surface area contributed by atoms with Gasteiger partial charge in [0.05, 0.1) is 5.54 Å². The minimum Gasteiger partial charge on any atom is -0.382 e. The van der Waals surface area contributed by atoms with Crippen molar-refractivity contribution in [3.8, 4) is 0 Å². The predicted octanol–water partition coefficient (Wildman–Crippen LogP) is 1.21. The van der Waals surface area contributed by atoms with Crippen molar-refractivity contribution in [3.63, 3.8) is 0 Å². The summed E-state index contributed by atoms with van der Waals surface area (Å²) in [5, 5.41) is 4.47. The minimum atomic E-state index is 0.0254. The van der Waals surface area contributed by atoms with Gasteiger partial charge in [-0.05, 0) is 27.8 Å². The second-order valence-corrected chi connectivity index (χ2v) is 5.38. The van der Waals surface area contributed by atoms with Gasteiger partial charge in [-0.2, -0.15) is 5.10 Å². The molecular weight excluding hydrogens is 188 g/mol. The summed E-state index contributed by atoms with van der Waals surface area (Å²) in [5.41, 5.74) is 8.53. The van der Waals surface area contributed by atoms with E-state index in [-0.39, 0.29) is 5.54 Å². The zero-order chi connectivity index (χ0) is 11.2. The van der Waals surface area contributed by atoms with Crippen LogP contribution in [0.3, 0.4) is 0 Å². The summed E-state index contributed by atoms with van der Waals surface area (Å²) in [6, 6.07) is 0. The van der Waals surface area contributed by atoms with Crippen molar-refractivity contribution in [2.75, 3.05) is 19.3 Å². The number of nitrogens with zero attached hydrogens (tertiary/aromatic N) is 3. The first-order valence-corrected chi connectivity index (χ1v) is 5.45. The third-order valence-electron chi connectivity index (χ3n) is 2.91. The van der Waals surface area contributed by atoms with Crippen molar-refractivity contribution in [1.82, 2.24) is 14.7 Å². The second-order valence-electron chi connectivity index (χ2n) is 5.38. The molecule has 1 aliphatic heterocycles. The lowest BCUT2D eigenvalue weighted by molar-refractivity contribution is 0.288. The van der Waals surface area contributed by atoms with Gasteiger partial charge in [0.25, 0.3) is 0 Å². The predicted molar refractivity (Wildman–Crippen MR) is 61.7 cm³/mol. The molecule has 0 aliphatic carbocycles. The van der Waals surface area contributed by atoms with Crippen LogP contribution in [0.5, 0.6) is 0 Å². The molecule has 0 saturated carbocycles. The third kappa shape index (κ3) is 1.74. The number of aromatic nitrogens is 2. The van der Waals surface area contributed by atoms with Crippen LogP contribution in [0, 0.1) is 0 Å². The largest absolute Gasteiger partial charge is 0.382 e. The molecular formula is C11H20N4. The lowest BCUT2D eigenvalue weighted by atomic mass is 10.0. The van der Waals surface area contributed by atoms with E-state index in [0.29, 0.717) is 5.82 Å². The van der Waals surface area contributed by atoms with Gasteiger partial charge in [-0.15, -0.1) is 0 Å².